The molecule has 2 nitrogen and oxygen atoms in total. The Balaban J connectivity index is 1.06. The maximum absolute atomic E-state index is 2.57. The van der Waals surface area contributed by atoms with Gasteiger partial charge in [0.05, 0.1) is 11.4 Å². The minimum absolute atomic E-state index is 0.124. The normalized spacial score (nSPS) is 13.2. The average Bonchev–Trinajstić information content (AvgIpc) is 3.86. The molecule has 0 amide bonds. The molecule has 0 atom stereocenters. The lowest BCUT2D eigenvalue weighted by atomic mass is 9.39. The van der Waals surface area contributed by atoms with E-state index in [0.717, 1.165) is 0 Å². The second kappa shape index (κ2) is 11.9. The first kappa shape index (κ1) is 31.5. The van der Waals surface area contributed by atoms with Crippen molar-refractivity contribution in [3.8, 4) is 11.1 Å². The molecule has 0 aliphatic carbocycles. The molecule has 0 N–H and O–H groups in total. The van der Waals surface area contributed by atoms with Gasteiger partial charge in [0.1, 0.15) is 0 Å². The van der Waals surface area contributed by atoms with E-state index in [1.54, 1.807) is 0 Å². The van der Waals surface area contributed by atoms with E-state index in [9.17, 15) is 0 Å². The van der Waals surface area contributed by atoms with E-state index in [2.05, 4.69) is 198 Å². The molecule has 5 heteroatoms. The van der Waals surface area contributed by atoms with Gasteiger partial charge in [-0.15, -0.1) is 22.7 Å². The van der Waals surface area contributed by atoms with Crippen LogP contribution in [0.2, 0.25) is 0 Å². The quantitative estimate of drug-likeness (QED) is 0.131. The maximum atomic E-state index is 2.57. The molecule has 4 heterocycles. The molecule has 0 radical (unpaired) electrons. The number of benzene rings is 9. The van der Waals surface area contributed by atoms with Crippen LogP contribution in [0.1, 0.15) is 0 Å². The fourth-order valence-corrected chi connectivity index (χ4v) is 12.5. The number of hydrogen-bond acceptors (Lipinski definition) is 4. The Labute approximate surface area is 338 Å². The van der Waals surface area contributed by atoms with E-state index in [1.165, 1.54) is 113 Å². The van der Waals surface area contributed by atoms with Crippen LogP contribution < -0.4 is 24.8 Å². The lowest BCUT2D eigenvalue weighted by Crippen LogP contribution is -2.59. The predicted molar refractivity (Wildman–Crippen MR) is 249 cm³/mol. The van der Waals surface area contributed by atoms with Crippen LogP contribution in [-0.2, 0) is 0 Å². The zero-order valence-corrected chi connectivity index (χ0v) is 32.3. The lowest BCUT2D eigenvalue weighted by Gasteiger charge is -2.42. The summed E-state index contributed by atoms with van der Waals surface area (Å²) in [5, 5.41) is 10.4. The number of thiophene rings is 2. The van der Waals surface area contributed by atoms with Crippen molar-refractivity contribution in [2.45, 2.75) is 0 Å². The highest BCUT2D eigenvalue weighted by Gasteiger charge is 2.46. The number of anilines is 6. The Morgan fingerprint density at radius 2 is 0.789 bits per heavy atom. The number of rotatable bonds is 3. The third kappa shape index (κ3) is 4.41. The second-order valence-electron chi connectivity index (χ2n) is 15.2. The van der Waals surface area contributed by atoms with E-state index in [-0.39, 0.29) is 6.71 Å². The van der Waals surface area contributed by atoms with Crippen molar-refractivity contribution in [1.29, 1.82) is 0 Å². The summed E-state index contributed by atoms with van der Waals surface area (Å²) in [6, 6.07) is 69.8. The van der Waals surface area contributed by atoms with Gasteiger partial charge in [-0.3, -0.25) is 0 Å². The Morgan fingerprint density at radius 1 is 0.333 bits per heavy atom. The molecule has 9 aromatic carbocycles. The van der Waals surface area contributed by atoms with Crippen LogP contribution in [0.3, 0.4) is 0 Å². The first-order chi connectivity index (χ1) is 28.3. The van der Waals surface area contributed by atoms with Crippen LogP contribution in [0.4, 0.5) is 34.1 Å². The molecular formula is C52H31BN2S2. The second-order valence-corrected chi connectivity index (χ2v) is 17.3. The maximum Gasteiger partial charge on any atom is 0.277 e. The smallest absolute Gasteiger partial charge is 0.277 e. The zero-order valence-electron chi connectivity index (χ0n) is 30.7. The summed E-state index contributed by atoms with van der Waals surface area (Å²) < 4.78 is 5.47. The summed E-state index contributed by atoms with van der Waals surface area (Å²) in [6.07, 6.45) is 0. The van der Waals surface area contributed by atoms with Crippen molar-refractivity contribution in [3.05, 3.63) is 188 Å². The highest BCUT2D eigenvalue weighted by Crippen LogP contribution is 2.50. The molecule has 0 saturated carbocycles. The molecular weight excluding hydrogens is 728 g/mol. The molecule has 57 heavy (non-hydrogen) atoms. The third-order valence-electron chi connectivity index (χ3n) is 12.2. The number of fused-ring (bicyclic) bond motifs is 14. The van der Waals surface area contributed by atoms with Crippen LogP contribution >= 0.6 is 22.7 Å². The molecule has 2 aliphatic rings. The van der Waals surface area contributed by atoms with Gasteiger partial charge >= 0.3 is 0 Å². The Bertz CT molecular complexity index is 3420. The highest BCUT2D eigenvalue weighted by atomic mass is 32.1. The molecule has 0 saturated heterocycles. The summed E-state index contributed by atoms with van der Waals surface area (Å²) in [7, 11) is 0. The van der Waals surface area contributed by atoms with E-state index in [1.807, 2.05) is 22.7 Å². The summed E-state index contributed by atoms with van der Waals surface area (Å²) in [5.41, 5.74) is 11.2. The SMILES string of the molecule is c1ccc(N2c3cccc4c3B(c3sc5ccccc5c32)c2sc3ccccc3c2N4c2cccc(-c3ccc4c5ccccc5c5ccccc5c4c3)c2)cc1. The number of nitrogens with zero attached hydrogens (tertiary/aromatic N) is 2. The molecule has 0 spiro atoms. The summed E-state index contributed by atoms with van der Waals surface area (Å²) in [4.78, 5) is 5.10. The van der Waals surface area contributed by atoms with E-state index >= 15 is 0 Å². The van der Waals surface area contributed by atoms with Gasteiger partial charge in [-0.25, -0.2) is 0 Å². The van der Waals surface area contributed by atoms with Crippen LogP contribution in [0, 0.1) is 0 Å². The van der Waals surface area contributed by atoms with Crippen molar-refractivity contribution in [2.24, 2.45) is 0 Å². The predicted octanol–water partition coefficient (Wildman–Crippen LogP) is 13.3. The van der Waals surface area contributed by atoms with Gasteiger partial charge in [0, 0.05) is 52.5 Å². The monoisotopic (exact) mass is 758 g/mol. The average molecular weight is 759 g/mol. The van der Waals surface area contributed by atoms with Crippen LogP contribution in [-0.4, -0.2) is 6.71 Å². The van der Waals surface area contributed by atoms with Crippen molar-refractivity contribution >= 4 is 131 Å². The first-order valence-corrected chi connectivity index (χ1v) is 21.2. The molecule has 13 rings (SSSR count). The third-order valence-corrected chi connectivity index (χ3v) is 14.6. The summed E-state index contributed by atoms with van der Waals surface area (Å²) >= 11 is 3.91. The van der Waals surface area contributed by atoms with Gasteiger partial charge in [-0.1, -0.05) is 133 Å². The van der Waals surface area contributed by atoms with E-state index < -0.39 is 0 Å². The van der Waals surface area contributed by atoms with Crippen molar-refractivity contribution in [2.75, 3.05) is 9.80 Å². The fraction of sp³-hybridized carbons (Fsp3) is 0. The van der Waals surface area contributed by atoms with Crippen LogP contribution in [0.5, 0.6) is 0 Å². The van der Waals surface area contributed by atoms with Gasteiger partial charge in [0.2, 0.25) is 0 Å². The van der Waals surface area contributed by atoms with Gasteiger partial charge < -0.3 is 9.80 Å². The zero-order chi connectivity index (χ0) is 37.2. The fourth-order valence-electron chi connectivity index (χ4n) is 9.83. The molecule has 0 unspecified atom stereocenters. The Kier molecular flexibility index (Phi) is 6.60. The Hall–Kier alpha value is -6.66. The number of hydrogen-bond donors (Lipinski definition) is 0. The molecule has 264 valence electrons. The Morgan fingerprint density at radius 3 is 1.40 bits per heavy atom. The number of para-hydroxylation sites is 1. The van der Waals surface area contributed by atoms with Gasteiger partial charge in [-0.2, -0.15) is 0 Å². The molecule has 2 aromatic heterocycles. The highest BCUT2D eigenvalue weighted by molar-refractivity contribution is 7.40. The van der Waals surface area contributed by atoms with Crippen LogP contribution in [0.25, 0.3) is 63.6 Å². The molecule has 2 aliphatic heterocycles. The lowest BCUT2D eigenvalue weighted by molar-refractivity contribution is 1.28. The van der Waals surface area contributed by atoms with Gasteiger partial charge in [-0.05, 0) is 104 Å². The minimum Gasteiger partial charge on any atom is -0.310 e. The van der Waals surface area contributed by atoms with Gasteiger partial charge in [0.25, 0.3) is 6.71 Å². The van der Waals surface area contributed by atoms with E-state index in [0.29, 0.717) is 0 Å². The van der Waals surface area contributed by atoms with Crippen molar-refractivity contribution in [3.63, 3.8) is 0 Å². The van der Waals surface area contributed by atoms with Gasteiger partial charge in [0.15, 0.2) is 0 Å². The summed E-state index contributed by atoms with van der Waals surface area (Å²) in [5.74, 6) is 0. The first-order valence-electron chi connectivity index (χ1n) is 19.5. The molecule has 0 bridgehead atoms. The summed E-state index contributed by atoms with van der Waals surface area (Å²) in [6.45, 7) is 0.124. The largest absolute Gasteiger partial charge is 0.310 e. The van der Waals surface area contributed by atoms with Crippen LogP contribution in [0.15, 0.2) is 188 Å². The van der Waals surface area contributed by atoms with Crippen molar-refractivity contribution < 1.29 is 0 Å². The van der Waals surface area contributed by atoms with E-state index in [4.69, 9.17) is 0 Å². The molecule has 0 fully saturated rings. The topological polar surface area (TPSA) is 6.48 Å². The standard InChI is InChI=1S/C52H31BN2S2/c1-2-15-34(16-3-1)54-44-24-13-25-45-48(44)53(51-49(54)41-22-8-10-26-46(41)56-51)52-50(42-23-9-11-27-47(42)57-52)55(45)35-17-12-14-32(30-35)33-28-29-40-38-20-5-4-18-36(38)37-19-6-7-21-39(37)43(40)31-33/h1-31H. The minimum atomic E-state index is 0.124. The van der Waals surface area contributed by atoms with Crippen molar-refractivity contribution in [1.82, 2.24) is 0 Å². The molecule has 11 aromatic rings.